The second-order valence-electron chi connectivity index (χ2n) is 9.00. The molecule has 2 N–H and O–H groups in total. The van der Waals surface area contributed by atoms with Crippen molar-refractivity contribution in [2.24, 2.45) is 0 Å². The lowest BCUT2D eigenvalue weighted by Crippen LogP contribution is -2.31. The number of hydrogen-bond donors (Lipinski definition) is 2. The van der Waals surface area contributed by atoms with Crippen molar-refractivity contribution in [3.63, 3.8) is 0 Å². The number of carbonyl (C=O) groups is 1. The summed E-state index contributed by atoms with van der Waals surface area (Å²) in [5.74, 6) is 2.11. The van der Waals surface area contributed by atoms with Crippen LogP contribution < -0.4 is 20.1 Å². The number of anilines is 2. The molecule has 3 aromatic carbocycles. The van der Waals surface area contributed by atoms with E-state index in [4.69, 9.17) is 19.6 Å². The van der Waals surface area contributed by atoms with Crippen LogP contribution in [0.4, 0.5) is 11.6 Å². The standard InChI is InChI=1S/C29H29N5O3/c1-17-11-12-20(15-18(17)2)27-32-29-30-19(3)25(28(35)31-21-9-7-6-8-10-21)26(34(29)33-27)23-16-22(36-4)13-14-24(23)37-5/h6-16,26H,1-5H3,(H,31,35)(H,30,32,33). The fourth-order valence-corrected chi connectivity index (χ4v) is 4.51. The van der Waals surface area contributed by atoms with Crippen LogP contribution in [-0.4, -0.2) is 34.9 Å². The molecule has 4 aromatic rings. The molecule has 0 saturated heterocycles. The zero-order valence-corrected chi connectivity index (χ0v) is 21.5. The van der Waals surface area contributed by atoms with Crippen LogP contribution in [0.1, 0.15) is 29.7 Å². The smallest absolute Gasteiger partial charge is 0.255 e. The van der Waals surface area contributed by atoms with Gasteiger partial charge in [-0.15, -0.1) is 5.10 Å². The van der Waals surface area contributed by atoms with Gasteiger partial charge in [0.2, 0.25) is 5.95 Å². The lowest BCUT2D eigenvalue weighted by atomic mass is 9.94. The molecule has 0 bridgehead atoms. The molecule has 0 spiro atoms. The fraction of sp³-hybridized carbons (Fsp3) is 0.207. The van der Waals surface area contributed by atoms with E-state index in [0.717, 1.165) is 16.7 Å². The highest BCUT2D eigenvalue weighted by Crippen LogP contribution is 2.41. The highest BCUT2D eigenvalue weighted by molar-refractivity contribution is 6.06. The van der Waals surface area contributed by atoms with Gasteiger partial charge in [-0.3, -0.25) is 4.79 Å². The van der Waals surface area contributed by atoms with Gasteiger partial charge in [-0.05, 0) is 68.3 Å². The van der Waals surface area contributed by atoms with Crippen LogP contribution >= 0.6 is 0 Å². The molecule has 1 aliphatic heterocycles. The molecule has 1 unspecified atom stereocenters. The van der Waals surface area contributed by atoms with Crippen LogP contribution in [0.15, 0.2) is 78.0 Å². The molecule has 1 aliphatic rings. The first-order valence-electron chi connectivity index (χ1n) is 12.0. The number of aromatic nitrogens is 3. The van der Waals surface area contributed by atoms with E-state index in [9.17, 15) is 4.79 Å². The Morgan fingerprint density at radius 2 is 1.73 bits per heavy atom. The van der Waals surface area contributed by atoms with Crippen molar-refractivity contribution in [1.29, 1.82) is 0 Å². The molecule has 8 nitrogen and oxygen atoms in total. The first-order chi connectivity index (χ1) is 17.9. The van der Waals surface area contributed by atoms with E-state index < -0.39 is 6.04 Å². The SMILES string of the molecule is COc1ccc(OC)c(C2C(C(=O)Nc3ccccc3)=C(C)Nc3nc(-c4ccc(C)c(C)c4)nn32)c1. The third kappa shape index (κ3) is 4.53. The number of aryl methyl sites for hydroxylation is 2. The number of nitrogens with one attached hydrogen (secondary N) is 2. The van der Waals surface area contributed by atoms with Crippen LogP contribution in [0.2, 0.25) is 0 Å². The number of amides is 1. The van der Waals surface area contributed by atoms with Gasteiger partial charge < -0.3 is 20.1 Å². The maximum Gasteiger partial charge on any atom is 0.255 e. The summed E-state index contributed by atoms with van der Waals surface area (Å²) in [5.41, 5.74) is 5.86. The molecule has 1 aromatic heterocycles. The van der Waals surface area contributed by atoms with Gasteiger partial charge in [-0.1, -0.05) is 30.3 Å². The molecule has 188 valence electrons. The highest BCUT2D eigenvalue weighted by atomic mass is 16.5. The van der Waals surface area contributed by atoms with Crippen molar-refractivity contribution in [3.8, 4) is 22.9 Å². The third-order valence-electron chi connectivity index (χ3n) is 6.63. The number of carbonyl (C=O) groups excluding carboxylic acids is 1. The third-order valence-corrected chi connectivity index (χ3v) is 6.63. The van der Waals surface area contributed by atoms with Crippen molar-refractivity contribution in [1.82, 2.24) is 14.8 Å². The average molecular weight is 496 g/mol. The summed E-state index contributed by atoms with van der Waals surface area (Å²) < 4.78 is 13.0. The second kappa shape index (κ2) is 9.81. The minimum absolute atomic E-state index is 0.250. The Bertz CT molecular complexity index is 1510. The predicted molar refractivity (Wildman–Crippen MR) is 144 cm³/mol. The number of hydrogen-bond acceptors (Lipinski definition) is 6. The Hall–Kier alpha value is -4.59. The average Bonchev–Trinajstić information content (AvgIpc) is 3.33. The summed E-state index contributed by atoms with van der Waals surface area (Å²) >= 11 is 0. The summed E-state index contributed by atoms with van der Waals surface area (Å²) in [6, 6.07) is 20.4. The Kier molecular flexibility index (Phi) is 6.40. The quantitative estimate of drug-likeness (QED) is 0.367. The van der Waals surface area contributed by atoms with E-state index >= 15 is 0 Å². The molecule has 0 saturated carbocycles. The molecule has 1 atom stereocenters. The van der Waals surface area contributed by atoms with Gasteiger partial charge in [0.05, 0.1) is 19.8 Å². The number of ether oxygens (including phenoxy) is 2. The van der Waals surface area contributed by atoms with Gasteiger partial charge >= 0.3 is 0 Å². The van der Waals surface area contributed by atoms with Gasteiger partial charge in [0.1, 0.15) is 17.5 Å². The highest BCUT2D eigenvalue weighted by Gasteiger charge is 2.36. The number of allylic oxidation sites excluding steroid dienone is 1. The molecule has 1 amide bonds. The number of para-hydroxylation sites is 1. The molecule has 0 aliphatic carbocycles. The first kappa shape index (κ1) is 24.1. The number of rotatable bonds is 6. The van der Waals surface area contributed by atoms with Gasteiger partial charge in [0.15, 0.2) is 5.82 Å². The maximum atomic E-state index is 13.7. The molecule has 0 fully saturated rings. The van der Waals surface area contributed by atoms with E-state index in [2.05, 4.69) is 36.6 Å². The molecule has 5 rings (SSSR count). The van der Waals surface area contributed by atoms with Crippen LogP contribution in [0, 0.1) is 13.8 Å². The van der Waals surface area contributed by atoms with Gasteiger partial charge in [0, 0.05) is 22.5 Å². The van der Waals surface area contributed by atoms with E-state index in [-0.39, 0.29) is 5.91 Å². The van der Waals surface area contributed by atoms with E-state index in [0.29, 0.717) is 40.2 Å². The largest absolute Gasteiger partial charge is 0.497 e. The zero-order chi connectivity index (χ0) is 26.1. The lowest BCUT2D eigenvalue weighted by molar-refractivity contribution is -0.113. The van der Waals surface area contributed by atoms with Crippen molar-refractivity contribution >= 4 is 17.5 Å². The van der Waals surface area contributed by atoms with Crippen LogP contribution in [-0.2, 0) is 4.79 Å². The second-order valence-corrected chi connectivity index (χ2v) is 9.00. The summed E-state index contributed by atoms with van der Waals surface area (Å²) in [5, 5.41) is 11.2. The van der Waals surface area contributed by atoms with Gasteiger partial charge in [0.25, 0.3) is 5.91 Å². The first-order valence-corrected chi connectivity index (χ1v) is 12.0. The lowest BCUT2D eigenvalue weighted by Gasteiger charge is -2.29. The number of fused-ring (bicyclic) bond motifs is 1. The van der Waals surface area contributed by atoms with Crippen LogP contribution in [0.5, 0.6) is 11.5 Å². The normalized spacial score (nSPS) is 14.6. The van der Waals surface area contributed by atoms with E-state index in [1.807, 2.05) is 61.5 Å². The summed E-state index contributed by atoms with van der Waals surface area (Å²) in [4.78, 5) is 18.5. The minimum Gasteiger partial charge on any atom is -0.497 e. The summed E-state index contributed by atoms with van der Waals surface area (Å²) in [7, 11) is 3.21. The fourth-order valence-electron chi connectivity index (χ4n) is 4.51. The Balaban J connectivity index is 1.67. The molecule has 8 heteroatoms. The topological polar surface area (TPSA) is 90.3 Å². The Morgan fingerprint density at radius 1 is 0.946 bits per heavy atom. The molecular formula is C29H29N5O3. The molecule has 2 heterocycles. The maximum absolute atomic E-state index is 13.7. The number of nitrogens with zero attached hydrogens (tertiary/aromatic N) is 3. The van der Waals surface area contributed by atoms with E-state index in [1.165, 1.54) is 5.56 Å². The van der Waals surface area contributed by atoms with Crippen molar-refractivity contribution in [3.05, 3.63) is 94.7 Å². The van der Waals surface area contributed by atoms with Crippen molar-refractivity contribution in [2.75, 3.05) is 24.9 Å². The monoisotopic (exact) mass is 495 g/mol. The molecular weight excluding hydrogens is 466 g/mol. The summed E-state index contributed by atoms with van der Waals surface area (Å²) in [6.07, 6.45) is 0. The van der Waals surface area contributed by atoms with Crippen molar-refractivity contribution in [2.45, 2.75) is 26.8 Å². The molecule has 0 radical (unpaired) electrons. The number of benzene rings is 3. The summed E-state index contributed by atoms with van der Waals surface area (Å²) in [6.45, 7) is 6.00. The minimum atomic E-state index is -0.613. The zero-order valence-electron chi connectivity index (χ0n) is 21.5. The van der Waals surface area contributed by atoms with Gasteiger partial charge in [-0.2, -0.15) is 4.98 Å². The Morgan fingerprint density at radius 3 is 2.43 bits per heavy atom. The van der Waals surface area contributed by atoms with E-state index in [1.54, 1.807) is 18.9 Å². The van der Waals surface area contributed by atoms with Crippen LogP contribution in [0.3, 0.4) is 0 Å². The predicted octanol–water partition coefficient (Wildman–Crippen LogP) is 5.51. The number of methoxy groups -OCH3 is 2. The van der Waals surface area contributed by atoms with Crippen molar-refractivity contribution < 1.29 is 14.3 Å². The molecule has 37 heavy (non-hydrogen) atoms. The van der Waals surface area contributed by atoms with Gasteiger partial charge in [-0.25, -0.2) is 4.68 Å². The Labute approximate surface area is 216 Å². The van der Waals surface area contributed by atoms with Crippen LogP contribution in [0.25, 0.3) is 11.4 Å².